The number of hydrogen-bond acceptors (Lipinski definition) is 3. The molecule has 0 saturated carbocycles. The summed E-state index contributed by atoms with van der Waals surface area (Å²) in [6, 6.07) is -0.856. The van der Waals surface area contributed by atoms with Crippen molar-refractivity contribution in [1.82, 2.24) is 10.2 Å². The zero-order valence-electron chi connectivity index (χ0n) is 10.6. The Bertz CT molecular complexity index is 330. The molecule has 1 fully saturated rings. The van der Waals surface area contributed by atoms with E-state index in [2.05, 4.69) is 5.32 Å². The summed E-state index contributed by atoms with van der Waals surface area (Å²) in [6.07, 6.45) is 2.83. The minimum absolute atomic E-state index is 0.121. The highest BCUT2D eigenvalue weighted by Crippen LogP contribution is 2.12. The van der Waals surface area contributed by atoms with Gasteiger partial charge in [0.05, 0.1) is 6.42 Å². The van der Waals surface area contributed by atoms with E-state index < -0.39 is 12.0 Å². The average Bonchev–Trinajstić information content (AvgIpc) is 2.31. The fourth-order valence-corrected chi connectivity index (χ4v) is 2.05. The summed E-state index contributed by atoms with van der Waals surface area (Å²) in [4.78, 5) is 35.7. The Morgan fingerprint density at radius 2 is 2.17 bits per heavy atom. The van der Waals surface area contributed by atoms with Crippen LogP contribution >= 0.6 is 0 Å². The SMILES string of the molecule is CCCCCC(=O)N1CCNC(=O)C1CC(=O)O. The standard InChI is InChI=1S/C12H20N2O4/c1-2-3-4-5-10(15)14-7-6-13-12(18)9(14)8-11(16)17/h9H,2-8H2,1H3,(H,13,18)(H,16,17). The number of unbranched alkanes of at least 4 members (excludes halogenated alkanes) is 2. The Kier molecular flexibility index (Phi) is 5.61. The van der Waals surface area contributed by atoms with Crippen molar-refractivity contribution in [2.45, 2.75) is 45.1 Å². The fraction of sp³-hybridized carbons (Fsp3) is 0.750. The maximum atomic E-state index is 12.0. The van der Waals surface area contributed by atoms with Gasteiger partial charge in [0, 0.05) is 19.5 Å². The van der Waals surface area contributed by atoms with Gasteiger partial charge in [-0.25, -0.2) is 0 Å². The van der Waals surface area contributed by atoms with E-state index in [-0.39, 0.29) is 18.2 Å². The summed E-state index contributed by atoms with van der Waals surface area (Å²) in [5.41, 5.74) is 0. The topological polar surface area (TPSA) is 86.7 Å². The van der Waals surface area contributed by atoms with Crippen LogP contribution in [0.1, 0.15) is 39.0 Å². The van der Waals surface area contributed by atoms with Crippen molar-refractivity contribution in [3.05, 3.63) is 0 Å². The van der Waals surface area contributed by atoms with Crippen LogP contribution in [0.3, 0.4) is 0 Å². The van der Waals surface area contributed by atoms with E-state index in [1.54, 1.807) is 0 Å². The van der Waals surface area contributed by atoms with E-state index in [4.69, 9.17) is 5.11 Å². The van der Waals surface area contributed by atoms with E-state index in [1.807, 2.05) is 6.92 Å². The van der Waals surface area contributed by atoms with Gasteiger partial charge >= 0.3 is 5.97 Å². The average molecular weight is 256 g/mol. The number of piperazine rings is 1. The molecule has 1 aliphatic heterocycles. The van der Waals surface area contributed by atoms with Crippen molar-refractivity contribution in [2.24, 2.45) is 0 Å². The van der Waals surface area contributed by atoms with Crippen molar-refractivity contribution < 1.29 is 19.5 Å². The molecule has 2 amide bonds. The van der Waals surface area contributed by atoms with Crippen LogP contribution < -0.4 is 5.32 Å². The molecule has 2 N–H and O–H groups in total. The van der Waals surface area contributed by atoms with Gasteiger partial charge < -0.3 is 15.3 Å². The van der Waals surface area contributed by atoms with Gasteiger partial charge in [0.1, 0.15) is 6.04 Å². The van der Waals surface area contributed by atoms with Crippen molar-refractivity contribution in [3.8, 4) is 0 Å². The molecule has 0 radical (unpaired) electrons. The number of carbonyl (C=O) groups excluding carboxylic acids is 2. The van der Waals surface area contributed by atoms with Crippen LogP contribution in [0.2, 0.25) is 0 Å². The summed E-state index contributed by atoms with van der Waals surface area (Å²) >= 11 is 0. The van der Waals surface area contributed by atoms with Crippen LogP contribution in [0.15, 0.2) is 0 Å². The number of rotatable bonds is 6. The number of nitrogens with one attached hydrogen (secondary N) is 1. The highest BCUT2D eigenvalue weighted by Gasteiger charge is 2.34. The second kappa shape index (κ2) is 6.98. The summed E-state index contributed by atoms with van der Waals surface area (Å²) in [6.45, 7) is 2.84. The first-order chi connectivity index (χ1) is 8.56. The second-order valence-electron chi connectivity index (χ2n) is 4.45. The van der Waals surface area contributed by atoms with Gasteiger partial charge in [-0.05, 0) is 6.42 Å². The maximum absolute atomic E-state index is 12.0. The second-order valence-corrected chi connectivity index (χ2v) is 4.45. The van der Waals surface area contributed by atoms with Gasteiger partial charge in [-0.2, -0.15) is 0 Å². The van der Waals surface area contributed by atoms with Gasteiger partial charge in [0.15, 0.2) is 0 Å². The molecular weight excluding hydrogens is 236 g/mol. The first-order valence-electron chi connectivity index (χ1n) is 6.35. The predicted octanol–water partition coefficient (Wildman–Crippen LogP) is 0.368. The molecule has 102 valence electrons. The molecular formula is C12H20N2O4. The van der Waals surface area contributed by atoms with Crippen LogP contribution in [0, 0.1) is 0 Å². The lowest BCUT2D eigenvalue weighted by Crippen LogP contribution is -2.57. The quantitative estimate of drug-likeness (QED) is 0.672. The zero-order chi connectivity index (χ0) is 13.5. The molecule has 0 aromatic rings. The molecule has 1 unspecified atom stereocenters. The fourth-order valence-electron chi connectivity index (χ4n) is 2.05. The van der Waals surface area contributed by atoms with Crippen molar-refractivity contribution in [1.29, 1.82) is 0 Å². The van der Waals surface area contributed by atoms with Crippen LogP contribution in [-0.2, 0) is 14.4 Å². The Labute approximate surface area is 106 Å². The van der Waals surface area contributed by atoms with E-state index in [0.29, 0.717) is 19.5 Å². The minimum atomic E-state index is -1.07. The van der Waals surface area contributed by atoms with Gasteiger partial charge in [0.2, 0.25) is 11.8 Å². The number of carboxylic acid groups (broad SMARTS) is 1. The van der Waals surface area contributed by atoms with E-state index in [1.165, 1.54) is 4.90 Å². The Hall–Kier alpha value is -1.59. The largest absolute Gasteiger partial charge is 0.481 e. The summed E-state index contributed by atoms with van der Waals surface area (Å²) in [7, 11) is 0. The molecule has 1 saturated heterocycles. The van der Waals surface area contributed by atoms with E-state index in [9.17, 15) is 14.4 Å². The van der Waals surface area contributed by atoms with Gasteiger partial charge in [-0.1, -0.05) is 19.8 Å². The molecule has 6 nitrogen and oxygen atoms in total. The third-order valence-electron chi connectivity index (χ3n) is 3.01. The predicted molar refractivity (Wildman–Crippen MR) is 64.9 cm³/mol. The lowest BCUT2D eigenvalue weighted by molar-refractivity contribution is -0.148. The monoisotopic (exact) mass is 256 g/mol. The van der Waals surface area contributed by atoms with E-state index in [0.717, 1.165) is 19.3 Å². The Morgan fingerprint density at radius 1 is 1.44 bits per heavy atom. The number of hydrogen-bond donors (Lipinski definition) is 2. The van der Waals surface area contributed by atoms with Crippen LogP contribution in [0.5, 0.6) is 0 Å². The molecule has 1 heterocycles. The normalized spacial score (nSPS) is 19.5. The number of carboxylic acids is 1. The van der Waals surface area contributed by atoms with Crippen LogP contribution in [-0.4, -0.2) is 46.9 Å². The summed E-state index contributed by atoms with van der Waals surface area (Å²) in [5, 5.41) is 11.4. The summed E-state index contributed by atoms with van der Waals surface area (Å²) in [5.74, 6) is -1.56. The van der Waals surface area contributed by atoms with Gasteiger partial charge in [-0.15, -0.1) is 0 Å². The molecule has 0 aromatic carbocycles. The molecule has 6 heteroatoms. The molecule has 1 rings (SSSR count). The zero-order valence-corrected chi connectivity index (χ0v) is 10.6. The van der Waals surface area contributed by atoms with Gasteiger partial charge in [-0.3, -0.25) is 14.4 Å². The lowest BCUT2D eigenvalue weighted by Gasteiger charge is -2.34. The molecule has 0 bridgehead atoms. The van der Waals surface area contributed by atoms with Crippen molar-refractivity contribution >= 4 is 17.8 Å². The Morgan fingerprint density at radius 3 is 2.78 bits per heavy atom. The first kappa shape index (κ1) is 14.5. The molecule has 0 aromatic heterocycles. The highest BCUT2D eigenvalue weighted by molar-refractivity contribution is 5.91. The van der Waals surface area contributed by atoms with Crippen molar-refractivity contribution in [2.75, 3.05) is 13.1 Å². The molecule has 1 atom stereocenters. The van der Waals surface area contributed by atoms with E-state index >= 15 is 0 Å². The minimum Gasteiger partial charge on any atom is -0.481 e. The lowest BCUT2D eigenvalue weighted by atomic mass is 10.1. The van der Waals surface area contributed by atoms with Crippen LogP contribution in [0.4, 0.5) is 0 Å². The van der Waals surface area contributed by atoms with Crippen molar-refractivity contribution in [3.63, 3.8) is 0 Å². The van der Waals surface area contributed by atoms with Crippen LogP contribution in [0.25, 0.3) is 0 Å². The third kappa shape index (κ3) is 4.01. The molecule has 18 heavy (non-hydrogen) atoms. The Balaban J connectivity index is 2.60. The number of nitrogens with zero attached hydrogens (tertiary/aromatic N) is 1. The number of carbonyl (C=O) groups is 3. The third-order valence-corrected chi connectivity index (χ3v) is 3.01. The molecule has 0 spiro atoms. The number of aliphatic carboxylic acids is 1. The molecule has 1 aliphatic rings. The van der Waals surface area contributed by atoms with Gasteiger partial charge in [0.25, 0.3) is 0 Å². The first-order valence-corrected chi connectivity index (χ1v) is 6.35. The highest BCUT2D eigenvalue weighted by atomic mass is 16.4. The molecule has 0 aliphatic carbocycles. The summed E-state index contributed by atoms with van der Waals surface area (Å²) < 4.78 is 0. The smallest absolute Gasteiger partial charge is 0.305 e. The maximum Gasteiger partial charge on any atom is 0.305 e. The number of amides is 2.